The number of esters is 2. The summed E-state index contributed by atoms with van der Waals surface area (Å²) < 4.78 is 10.1. The highest BCUT2D eigenvalue weighted by atomic mass is 16.6. The predicted molar refractivity (Wildman–Crippen MR) is 78.1 cm³/mol. The van der Waals surface area contributed by atoms with Gasteiger partial charge in [-0.05, 0) is 45.6 Å². The Morgan fingerprint density at radius 3 is 2.35 bits per heavy atom. The molecule has 1 atom stereocenters. The third-order valence-electron chi connectivity index (χ3n) is 2.39. The Balaban J connectivity index is 4.38. The summed E-state index contributed by atoms with van der Waals surface area (Å²) in [7, 11) is 0. The molecule has 0 amide bonds. The average molecular weight is 282 g/mol. The van der Waals surface area contributed by atoms with Crippen molar-refractivity contribution in [2.45, 2.75) is 53.1 Å². The van der Waals surface area contributed by atoms with Crippen LogP contribution in [-0.2, 0) is 19.1 Å². The molecule has 0 saturated heterocycles. The average Bonchev–Trinajstić information content (AvgIpc) is 2.28. The van der Waals surface area contributed by atoms with E-state index in [0.717, 1.165) is 0 Å². The van der Waals surface area contributed by atoms with Crippen LogP contribution in [0.1, 0.15) is 47.5 Å². The van der Waals surface area contributed by atoms with Crippen molar-refractivity contribution in [2.75, 3.05) is 6.61 Å². The predicted octanol–water partition coefficient (Wildman–Crippen LogP) is 3.26. The smallest absolute Gasteiger partial charge is 0.344 e. The van der Waals surface area contributed by atoms with Crippen LogP contribution in [0.15, 0.2) is 18.4 Å². The first-order valence-electron chi connectivity index (χ1n) is 6.88. The molecule has 0 radical (unpaired) electrons. The zero-order chi connectivity index (χ0) is 15.8. The zero-order valence-electron chi connectivity index (χ0n) is 13.2. The highest BCUT2D eigenvalue weighted by Gasteiger charge is 2.23. The molecular formula is C16H26O4. The van der Waals surface area contributed by atoms with E-state index in [2.05, 4.69) is 12.3 Å². The fraction of sp³-hybridized carbons (Fsp3) is 0.688. The van der Waals surface area contributed by atoms with Crippen molar-refractivity contribution in [3.63, 3.8) is 0 Å². The summed E-state index contributed by atoms with van der Waals surface area (Å²) in [5.41, 5.74) is 2.07. The standard InChI is InChI=1S/C16H26O4/c1-7-8-9-13(10-12(2)3)15(18)19-11-14(17)20-16(4,5)6/h8,12-13H,1,9-11H2,2-6H3. The molecule has 0 aromatic heterocycles. The van der Waals surface area contributed by atoms with Gasteiger partial charge in [0.2, 0.25) is 0 Å². The molecule has 0 aliphatic rings. The van der Waals surface area contributed by atoms with Crippen LogP contribution in [-0.4, -0.2) is 24.1 Å². The lowest BCUT2D eigenvalue weighted by Gasteiger charge is -2.20. The lowest BCUT2D eigenvalue weighted by atomic mass is 9.94. The molecule has 0 fully saturated rings. The van der Waals surface area contributed by atoms with Crippen LogP contribution in [0.4, 0.5) is 0 Å². The van der Waals surface area contributed by atoms with Crippen LogP contribution in [0, 0.1) is 11.8 Å². The van der Waals surface area contributed by atoms with Gasteiger partial charge >= 0.3 is 11.9 Å². The molecular weight excluding hydrogens is 256 g/mol. The van der Waals surface area contributed by atoms with Gasteiger partial charge in [-0.15, -0.1) is 5.73 Å². The maximum absolute atomic E-state index is 12.0. The summed E-state index contributed by atoms with van der Waals surface area (Å²) in [5.74, 6) is -0.816. The van der Waals surface area contributed by atoms with Crippen LogP contribution in [0.25, 0.3) is 0 Å². The van der Waals surface area contributed by atoms with Gasteiger partial charge < -0.3 is 9.47 Å². The number of carbonyl (C=O) groups is 2. The Morgan fingerprint density at radius 1 is 1.30 bits per heavy atom. The van der Waals surface area contributed by atoms with Gasteiger partial charge in [-0.25, -0.2) is 4.79 Å². The van der Waals surface area contributed by atoms with Gasteiger partial charge in [0.25, 0.3) is 0 Å². The maximum atomic E-state index is 12.0. The molecule has 0 aliphatic heterocycles. The Bertz CT molecular complexity index is 370. The SMILES string of the molecule is C=C=CCC(CC(C)C)C(=O)OCC(=O)OC(C)(C)C. The molecule has 114 valence electrons. The minimum absolute atomic E-state index is 0.272. The van der Waals surface area contributed by atoms with Gasteiger partial charge in [-0.2, -0.15) is 0 Å². The van der Waals surface area contributed by atoms with Crippen molar-refractivity contribution < 1.29 is 19.1 Å². The third-order valence-corrected chi connectivity index (χ3v) is 2.39. The first-order valence-corrected chi connectivity index (χ1v) is 6.88. The van der Waals surface area contributed by atoms with Crippen LogP contribution >= 0.6 is 0 Å². The van der Waals surface area contributed by atoms with E-state index in [4.69, 9.17) is 9.47 Å². The number of hydrogen-bond acceptors (Lipinski definition) is 4. The lowest BCUT2D eigenvalue weighted by molar-refractivity contribution is -0.168. The molecule has 0 saturated carbocycles. The minimum atomic E-state index is -0.577. The Kier molecular flexibility index (Phi) is 7.93. The van der Waals surface area contributed by atoms with Crippen molar-refractivity contribution >= 4 is 11.9 Å². The lowest BCUT2D eigenvalue weighted by Crippen LogP contribution is -2.29. The quantitative estimate of drug-likeness (QED) is 0.531. The van der Waals surface area contributed by atoms with E-state index in [0.29, 0.717) is 18.8 Å². The highest BCUT2D eigenvalue weighted by Crippen LogP contribution is 2.18. The Morgan fingerprint density at radius 2 is 1.90 bits per heavy atom. The molecule has 0 heterocycles. The number of rotatable bonds is 7. The maximum Gasteiger partial charge on any atom is 0.344 e. The van der Waals surface area contributed by atoms with E-state index in [1.807, 2.05) is 13.8 Å². The van der Waals surface area contributed by atoms with Gasteiger partial charge in [0.1, 0.15) is 5.60 Å². The second-order valence-electron chi connectivity index (χ2n) is 6.16. The molecule has 20 heavy (non-hydrogen) atoms. The molecule has 0 aromatic carbocycles. The van der Waals surface area contributed by atoms with Gasteiger partial charge in [-0.1, -0.05) is 20.4 Å². The van der Waals surface area contributed by atoms with Gasteiger partial charge in [0.05, 0.1) is 5.92 Å². The number of hydrogen-bond donors (Lipinski definition) is 0. The topological polar surface area (TPSA) is 52.6 Å². The van der Waals surface area contributed by atoms with Crippen molar-refractivity contribution in [2.24, 2.45) is 11.8 Å². The van der Waals surface area contributed by atoms with Crippen LogP contribution < -0.4 is 0 Å². The zero-order valence-corrected chi connectivity index (χ0v) is 13.2. The minimum Gasteiger partial charge on any atom is -0.457 e. The van der Waals surface area contributed by atoms with Crippen molar-refractivity contribution in [3.8, 4) is 0 Å². The van der Waals surface area contributed by atoms with Gasteiger partial charge in [0, 0.05) is 0 Å². The molecule has 1 unspecified atom stereocenters. The monoisotopic (exact) mass is 282 g/mol. The highest BCUT2D eigenvalue weighted by molar-refractivity contribution is 5.78. The van der Waals surface area contributed by atoms with Crippen LogP contribution in [0.2, 0.25) is 0 Å². The van der Waals surface area contributed by atoms with Gasteiger partial charge in [-0.3, -0.25) is 4.79 Å². The molecule has 0 aliphatic carbocycles. The Hall–Kier alpha value is -1.54. The molecule has 0 bridgehead atoms. The summed E-state index contributed by atoms with van der Waals surface area (Å²) in [6.07, 6.45) is 2.93. The molecule has 0 spiro atoms. The first kappa shape index (κ1) is 18.5. The largest absolute Gasteiger partial charge is 0.457 e. The number of carbonyl (C=O) groups excluding carboxylic acids is 2. The summed E-state index contributed by atoms with van der Waals surface area (Å²) in [5, 5.41) is 0. The van der Waals surface area contributed by atoms with Crippen LogP contribution in [0.3, 0.4) is 0 Å². The fourth-order valence-corrected chi connectivity index (χ4v) is 1.70. The number of ether oxygens (including phenoxy) is 2. The number of allylic oxidation sites excluding steroid dienone is 1. The van der Waals surface area contributed by atoms with Gasteiger partial charge in [0.15, 0.2) is 6.61 Å². The summed E-state index contributed by atoms with van der Waals surface area (Å²) in [4.78, 5) is 23.4. The van der Waals surface area contributed by atoms with E-state index in [-0.39, 0.29) is 18.5 Å². The van der Waals surface area contributed by atoms with E-state index in [9.17, 15) is 9.59 Å². The van der Waals surface area contributed by atoms with E-state index in [1.165, 1.54) is 0 Å². The summed E-state index contributed by atoms with van der Waals surface area (Å²) >= 11 is 0. The van der Waals surface area contributed by atoms with Crippen molar-refractivity contribution in [1.29, 1.82) is 0 Å². The molecule has 0 aromatic rings. The normalized spacial score (nSPS) is 12.5. The Labute approximate surface area is 121 Å². The van der Waals surface area contributed by atoms with Crippen LogP contribution in [0.5, 0.6) is 0 Å². The fourth-order valence-electron chi connectivity index (χ4n) is 1.70. The second-order valence-corrected chi connectivity index (χ2v) is 6.16. The van der Waals surface area contributed by atoms with E-state index < -0.39 is 11.6 Å². The summed E-state index contributed by atoms with van der Waals surface area (Å²) in [6, 6.07) is 0. The van der Waals surface area contributed by atoms with E-state index >= 15 is 0 Å². The molecule has 4 heteroatoms. The third kappa shape index (κ3) is 9.40. The molecule has 4 nitrogen and oxygen atoms in total. The van der Waals surface area contributed by atoms with Crippen molar-refractivity contribution in [3.05, 3.63) is 18.4 Å². The van der Waals surface area contributed by atoms with Crippen molar-refractivity contribution in [1.82, 2.24) is 0 Å². The second kappa shape index (κ2) is 8.60. The summed E-state index contributed by atoms with van der Waals surface area (Å²) in [6.45, 7) is 12.5. The van der Waals surface area contributed by atoms with E-state index in [1.54, 1.807) is 26.8 Å². The first-order chi connectivity index (χ1) is 9.15. The molecule has 0 N–H and O–H groups in total. The molecule has 0 rings (SSSR count).